The van der Waals surface area contributed by atoms with Crippen LogP contribution < -0.4 is 10.9 Å². The van der Waals surface area contributed by atoms with Gasteiger partial charge in [-0.2, -0.15) is 0 Å². The van der Waals surface area contributed by atoms with Crippen molar-refractivity contribution in [1.29, 1.82) is 0 Å². The molecule has 1 atom stereocenters. The first kappa shape index (κ1) is 14.0. The van der Waals surface area contributed by atoms with Crippen molar-refractivity contribution in [3.63, 3.8) is 0 Å². The van der Waals surface area contributed by atoms with Gasteiger partial charge in [0.25, 0.3) is 5.56 Å². The van der Waals surface area contributed by atoms with Crippen molar-refractivity contribution in [2.24, 2.45) is 0 Å². The van der Waals surface area contributed by atoms with E-state index in [9.17, 15) is 4.79 Å². The Morgan fingerprint density at radius 3 is 2.88 bits per heavy atom. The van der Waals surface area contributed by atoms with E-state index in [-0.39, 0.29) is 11.6 Å². The van der Waals surface area contributed by atoms with Crippen molar-refractivity contribution in [2.75, 3.05) is 11.2 Å². The van der Waals surface area contributed by atoms with Gasteiger partial charge in [-0.3, -0.25) is 4.79 Å². The lowest BCUT2D eigenvalue weighted by atomic mass is 10.2. The largest absolute Gasteiger partial charge is 0.363 e. The van der Waals surface area contributed by atoms with Crippen LogP contribution in [0.2, 0.25) is 0 Å². The normalized spacial score (nSPS) is 12.4. The van der Waals surface area contributed by atoms with Gasteiger partial charge in [0.15, 0.2) is 5.82 Å². The Kier molecular flexibility index (Phi) is 6.05. The van der Waals surface area contributed by atoms with Crippen molar-refractivity contribution in [3.8, 4) is 0 Å². The number of aryl methyl sites for hydroxylation is 1. The molecular weight excluding hydrogens is 238 g/mol. The van der Waals surface area contributed by atoms with Crippen molar-refractivity contribution in [1.82, 2.24) is 9.55 Å². The van der Waals surface area contributed by atoms with Gasteiger partial charge in [0, 0.05) is 30.9 Å². The van der Waals surface area contributed by atoms with Crippen molar-refractivity contribution < 1.29 is 0 Å². The van der Waals surface area contributed by atoms with E-state index in [0.29, 0.717) is 11.7 Å². The number of rotatable bonds is 7. The standard InChI is InChI=1S/C12H20ClN3O/c1-3-8-16-9-7-14-11(12(16)17)15-10(4-2)5-6-13/h7,9-10H,3-6,8H2,1-2H3,(H,14,15). The van der Waals surface area contributed by atoms with Gasteiger partial charge in [-0.25, -0.2) is 4.98 Å². The smallest absolute Gasteiger partial charge is 0.293 e. The first-order valence-electron chi connectivity index (χ1n) is 6.10. The summed E-state index contributed by atoms with van der Waals surface area (Å²) in [6.07, 6.45) is 6.08. The lowest BCUT2D eigenvalue weighted by molar-refractivity contribution is 0.636. The number of anilines is 1. The molecule has 0 aliphatic heterocycles. The Balaban J connectivity index is 2.83. The van der Waals surface area contributed by atoms with Gasteiger partial charge in [-0.1, -0.05) is 13.8 Å². The first-order valence-corrected chi connectivity index (χ1v) is 6.64. The third-order valence-corrected chi connectivity index (χ3v) is 2.89. The van der Waals surface area contributed by atoms with Crippen LogP contribution in [-0.2, 0) is 6.54 Å². The molecule has 0 amide bonds. The molecule has 0 bridgehead atoms. The van der Waals surface area contributed by atoms with Crippen molar-refractivity contribution >= 4 is 17.4 Å². The third-order valence-electron chi connectivity index (χ3n) is 2.67. The molecule has 17 heavy (non-hydrogen) atoms. The van der Waals surface area contributed by atoms with E-state index in [1.807, 2.05) is 6.92 Å². The van der Waals surface area contributed by atoms with Crippen LogP contribution in [0.4, 0.5) is 5.82 Å². The zero-order chi connectivity index (χ0) is 12.7. The van der Waals surface area contributed by atoms with Crippen LogP contribution in [0.3, 0.4) is 0 Å². The SMILES string of the molecule is CCCn1ccnc(NC(CC)CCCl)c1=O. The second kappa shape index (κ2) is 7.33. The highest BCUT2D eigenvalue weighted by atomic mass is 35.5. The number of aromatic nitrogens is 2. The zero-order valence-corrected chi connectivity index (χ0v) is 11.2. The Bertz CT molecular complexity index is 392. The van der Waals surface area contributed by atoms with Crippen LogP contribution in [0, 0.1) is 0 Å². The summed E-state index contributed by atoms with van der Waals surface area (Å²) in [6, 6.07) is 0.213. The number of hydrogen-bond acceptors (Lipinski definition) is 3. The maximum Gasteiger partial charge on any atom is 0.293 e. The molecule has 1 aromatic heterocycles. The lowest BCUT2D eigenvalue weighted by Gasteiger charge is -2.16. The minimum atomic E-state index is -0.0534. The number of nitrogens with zero attached hydrogens (tertiary/aromatic N) is 2. The molecule has 1 heterocycles. The van der Waals surface area contributed by atoms with Gasteiger partial charge < -0.3 is 9.88 Å². The van der Waals surface area contributed by atoms with Crippen LogP contribution in [0.15, 0.2) is 17.2 Å². The van der Waals surface area contributed by atoms with E-state index in [4.69, 9.17) is 11.6 Å². The van der Waals surface area contributed by atoms with Crippen LogP contribution in [0.1, 0.15) is 33.1 Å². The average molecular weight is 258 g/mol. The van der Waals surface area contributed by atoms with E-state index in [2.05, 4.69) is 17.2 Å². The molecule has 0 saturated heterocycles. The maximum absolute atomic E-state index is 12.0. The quantitative estimate of drug-likeness (QED) is 0.764. The summed E-state index contributed by atoms with van der Waals surface area (Å²) in [5, 5.41) is 3.17. The van der Waals surface area contributed by atoms with Gasteiger partial charge in [0.1, 0.15) is 0 Å². The lowest BCUT2D eigenvalue weighted by Crippen LogP contribution is -2.29. The zero-order valence-electron chi connectivity index (χ0n) is 10.4. The topological polar surface area (TPSA) is 46.9 Å². The second-order valence-corrected chi connectivity index (χ2v) is 4.38. The van der Waals surface area contributed by atoms with E-state index in [1.54, 1.807) is 17.0 Å². The molecule has 1 aromatic rings. The molecule has 0 aliphatic carbocycles. The van der Waals surface area contributed by atoms with Gasteiger partial charge >= 0.3 is 0 Å². The molecule has 1 unspecified atom stereocenters. The summed E-state index contributed by atoms with van der Waals surface area (Å²) < 4.78 is 1.68. The first-order chi connectivity index (χ1) is 8.22. The van der Waals surface area contributed by atoms with Crippen molar-refractivity contribution in [3.05, 3.63) is 22.7 Å². The molecule has 0 spiro atoms. The number of hydrogen-bond donors (Lipinski definition) is 1. The highest BCUT2D eigenvalue weighted by molar-refractivity contribution is 6.17. The highest BCUT2D eigenvalue weighted by Crippen LogP contribution is 2.05. The predicted molar refractivity (Wildman–Crippen MR) is 71.8 cm³/mol. The number of alkyl halides is 1. The van der Waals surface area contributed by atoms with Crippen LogP contribution in [0.5, 0.6) is 0 Å². The van der Waals surface area contributed by atoms with Crippen LogP contribution >= 0.6 is 11.6 Å². The minimum Gasteiger partial charge on any atom is -0.363 e. The van der Waals surface area contributed by atoms with E-state index in [1.165, 1.54) is 0 Å². The molecule has 0 saturated carbocycles. The van der Waals surface area contributed by atoms with E-state index >= 15 is 0 Å². The summed E-state index contributed by atoms with van der Waals surface area (Å²) in [5.41, 5.74) is -0.0534. The molecule has 0 aliphatic rings. The maximum atomic E-state index is 12.0. The van der Waals surface area contributed by atoms with Crippen LogP contribution in [0.25, 0.3) is 0 Å². The summed E-state index contributed by atoms with van der Waals surface area (Å²) in [5.74, 6) is 1.01. The molecule has 1 rings (SSSR count). The molecule has 0 fully saturated rings. The van der Waals surface area contributed by atoms with Crippen molar-refractivity contribution in [2.45, 2.75) is 45.7 Å². The molecule has 0 aromatic carbocycles. The van der Waals surface area contributed by atoms with Gasteiger partial charge in [-0.15, -0.1) is 11.6 Å². The monoisotopic (exact) mass is 257 g/mol. The molecular formula is C12H20ClN3O. The fraction of sp³-hybridized carbons (Fsp3) is 0.667. The Hall–Kier alpha value is -1.03. The minimum absolute atomic E-state index is 0.0534. The fourth-order valence-electron chi connectivity index (χ4n) is 1.67. The summed E-state index contributed by atoms with van der Waals surface area (Å²) in [6.45, 7) is 4.84. The Labute approximate surface area is 107 Å². The average Bonchev–Trinajstić information content (AvgIpc) is 2.33. The molecule has 4 nitrogen and oxygen atoms in total. The highest BCUT2D eigenvalue weighted by Gasteiger charge is 2.10. The summed E-state index contributed by atoms with van der Waals surface area (Å²) in [7, 11) is 0. The van der Waals surface area contributed by atoms with Gasteiger partial charge in [0.2, 0.25) is 0 Å². The molecule has 5 heteroatoms. The molecule has 0 radical (unpaired) electrons. The van der Waals surface area contributed by atoms with Gasteiger partial charge in [0.05, 0.1) is 0 Å². The number of nitrogens with one attached hydrogen (secondary N) is 1. The fourth-order valence-corrected chi connectivity index (χ4v) is 1.93. The van der Waals surface area contributed by atoms with E-state index < -0.39 is 0 Å². The van der Waals surface area contributed by atoms with Gasteiger partial charge in [-0.05, 0) is 19.3 Å². The number of halogens is 1. The Morgan fingerprint density at radius 2 is 2.29 bits per heavy atom. The third kappa shape index (κ3) is 4.04. The Morgan fingerprint density at radius 1 is 1.53 bits per heavy atom. The van der Waals surface area contributed by atoms with E-state index in [0.717, 1.165) is 25.8 Å². The summed E-state index contributed by atoms with van der Waals surface area (Å²) >= 11 is 5.72. The summed E-state index contributed by atoms with van der Waals surface area (Å²) in [4.78, 5) is 16.1. The molecule has 1 N–H and O–H groups in total. The van der Waals surface area contributed by atoms with Crippen LogP contribution in [-0.4, -0.2) is 21.5 Å². The predicted octanol–water partition coefficient (Wildman–Crippen LogP) is 2.47. The second-order valence-electron chi connectivity index (χ2n) is 4.00. The molecule has 96 valence electrons.